The van der Waals surface area contributed by atoms with Crippen molar-refractivity contribution in [1.29, 1.82) is 5.26 Å². The third-order valence-corrected chi connectivity index (χ3v) is 2.94. The lowest BCUT2D eigenvalue weighted by Crippen LogP contribution is -2.04. The number of hydrogen-bond acceptors (Lipinski definition) is 4. The molecule has 0 unspecified atom stereocenters. The van der Waals surface area contributed by atoms with Gasteiger partial charge in [-0.1, -0.05) is 35.9 Å². The lowest BCUT2D eigenvalue weighted by atomic mass is 10.1. The first-order chi connectivity index (χ1) is 9.61. The Labute approximate surface area is 116 Å². The van der Waals surface area contributed by atoms with Crippen LogP contribution >= 0.6 is 0 Å². The van der Waals surface area contributed by atoms with Crippen molar-refractivity contribution in [2.24, 2.45) is 0 Å². The van der Waals surface area contributed by atoms with E-state index in [4.69, 9.17) is 5.26 Å². The molecule has 0 fully saturated rings. The van der Waals surface area contributed by atoms with Crippen LogP contribution in [0.2, 0.25) is 0 Å². The summed E-state index contributed by atoms with van der Waals surface area (Å²) in [7, 11) is 0. The van der Waals surface area contributed by atoms with Gasteiger partial charge in [0.15, 0.2) is 0 Å². The quantitative estimate of drug-likeness (QED) is 0.680. The van der Waals surface area contributed by atoms with Gasteiger partial charge in [-0.2, -0.15) is 5.26 Å². The average Bonchev–Trinajstić information content (AvgIpc) is 2.46. The lowest BCUT2D eigenvalue weighted by molar-refractivity contribution is -0.384. The van der Waals surface area contributed by atoms with Gasteiger partial charge in [0.2, 0.25) is 0 Å². The van der Waals surface area contributed by atoms with Crippen LogP contribution in [0.15, 0.2) is 42.5 Å². The molecule has 20 heavy (non-hydrogen) atoms. The molecule has 0 amide bonds. The minimum atomic E-state index is -0.532. The van der Waals surface area contributed by atoms with Crippen molar-refractivity contribution < 1.29 is 4.92 Å². The highest BCUT2D eigenvalue weighted by Gasteiger charge is 2.18. The maximum atomic E-state index is 11.1. The normalized spacial score (nSPS) is 9.80. The largest absolute Gasteiger partial charge is 0.375 e. The van der Waals surface area contributed by atoms with Crippen molar-refractivity contribution in [3.05, 3.63) is 69.3 Å². The highest BCUT2D eigenvalue weighted by molar-refractivity contribution is 5.68. The average molecular weight is 267 g/mol. The number of anilines is 1. The van der Waals surface area contributed by atoms with E-state index in [1.54, 1.807) is 12.1 Å². The Kier molecular flexibility index (Phi) is 3.96. The van der Waals surface area contributed by atoms with Gasteiger partial charge >= 0.3 is 5.69 Å². The molecule has 0 aromatic heterocycles. The smallest absolute Gasteiger partial charge is 0.309 e. The van der Waals surface area contributed by atoms with Crippen molar-refractivity contribution in [3.8, 4) is 6.07 Å². The second-order valence-corrected chi connectivity index (χ2v) is 4.41. The van der Waals surface area contributed by atoms with Gasteiger partial charge in [0.05, 0.1) is 4.92 Å². The fourth-order valence-corrected chi connectivity index (χ4v) is 1.88. The molecule has 1 N–H and O–H groups in total. The summed E-state index contributed by atoms with van der Waals surface area (Å²) < 4.78 is 0. The minimum Gasteiger partial charge on any atom is -0.375 e. The third-order valence-electron chi connectivity index (χ3n) is 2.94. The van der Waals surface area contributed by atoms with Gasteiger partial charge in [-0.3, -0.25) is 10.1 Å². The molecule has 2 aromatic carbocycles. The van der Waals surface area contributed by atoms with Crippen molar-refractivity contribution in [3.63, 3.8) is 0 Å². The molecule has 0 atom stereocenters. The molecule has 5 nitrogen and oxygen atoms in total. The monoisotopic (exact) mass is 267 g/mol. The molecule has 0 radical (unpaired) electrons. The fourth-order valence-electron chi connectivity index (χ4n) is 1.88. The van der Waals surface area contributed by atoms with E-state index >= 15 is 0 Å². The number of hydrogen-bond donors (Lipinski definition) is 1. The van der Waals surface area contributed by atoms with Gasteiger partial charge in [-0.15, -0.1) is 0 Å². The van der Waals surface area contributed by atoms with Crippen molar-refractivity contribution >= 4 is 11.4 Å². The number of para-hydroxylation sites is 1. The van der Waals surface area contributed by atoms with Gasteiger partial charge in [0, 0.05) is 6.54 Å². The van der Waals surface area contributed by atoms with Crippen LogP contribution in [-0.4, -0.2) is 4.92 Å². The Morgan fingerprint density at radius 3 is 2.55 bits per heavy atom. The summed E-state index contributed by atoms with van der Waals surface area (Å²) >= 11 is 0. The van der Waals surface area contributed by atoms with Gasteiger partial charge in [-0.05, 0) is 24.6 Å². The molecule has 0 saturated carbocycles. The van der Waals surface area contributed by atoms with Crippen LogP contribution in [0, 0.1) is 28.4 Å². The van der Waals surface area contributed by atoms with E-state index in [1.807, 2.05) is 37.3 Å². The van der Waals surface area contributed by atoms with Crippen LogP contribution in [0.5, 0.6) is 0 Å². The SMILES string of the molecule is Cc1ccc(CNc2cccc(C#N)c2[N+](=O)[O-])cc1. The molecule has 0 aliphatic carbocycles. The predicted molar refractivity (Wildman–Crippen MR) is 76.3 cm³/mol. The molecule has 0 aliphatic rings. The summed E-state index contributed by atoms with van der Waals surface area (Å²) in [5.74, 6) is 0. The van der Waals surface area contributed by atoms with E-state index in [0.717, 1.165) is 11.1 Å². The van der Waals surface area contributed by atoms with Crippen molar-refractivity contribution in [2.45, 2.75) is 13.5 Å². The molecular weight excluding hydrogens is 254 g/mol. The molecule has 0 heterocycles. The summed E-state index contributed by atoms with van der Waals surface area (Å²) in [6.45, 7) is 2.47. The lowest BCUT2D eigenvalue weighted by Gasteiger charge is -2.08. The van der Waals surface area contributed by atoms with Crippen LogP contribution in [0.1, 0.15) is 16.7 Å². The summed E-state index contributed by atoms with van der Waals surface area (Å²) in [6.07, 6.45) is 0. The number of nitrogens with one attached hydrogen (secondary N) is 1. The predicted octanol–water partition coefficient (Wildman–Crippen LogP) is 3.39. The summed E-state index contributed by atoms with van der Waals surface area (Å²) in [4.78, 5) is 10.5. The fraction of sp³-hybridized carbons (Fsp3) is 0.133. The van der Waals surface area contributed by atoms with Gasteiger partial charge < -0.3 is 5.32 Å². The van der Waals surface area contributed by atoms with Crippen molar-refractivity contribution in [2.75, 3.05) is 5.32 Å². The number of rotatable bonds is 4. The third kappa shape index (κ3) is 2.93. The van der Waals surface area contributed by atoms with E-state index < -0.39 is 4.92 Å². The van der Waals surface area contributed by atoms with E-state index in [0.29, 0.717) is 12.2 Å². The van der Waals surface area contributed by atoms with E-state index in [2.05, 4.69) is 5.32 Å². The molecule has 5 heteroatoms. The number of nitro groups is 1. The van der Waals surface area contributed by atoms with Crippen LogP contribution in [0.25, 0.3) is 0 Å². The van der Waals surface area contributed by atoms with E-state index in [-0.39, 0.29) is 11.3 Å². The topological polar surface area (TPSA) is 79.0 Å². The van der Waals surface area contributed by atoms with Crippen LogP contribution in [-0.2, 0) is 6.54 Å². The number of aryl methyl sites for hydroxylation is 1. The molecule has 0 aliphatic heterocycles. The zero-order valence-corrected chi connectivity index (χ0v) is 11.0. The first-order valence-corrected chi connectivity index (χ1v) is 6.08. The molecule has 100 valence electrons. The van der Waals surface area contributed by atoms with Crippen LogP contribution < -0.4 is 5.32 Å². The second-order valence-electron chi connectivity index (χ2n) is 4.41. The molecule has 2 aromatic rings. The maximum absolute atomic E-state index is 11.1. The second kappa shape index (κ2) is 5.85. The summed E-state index contributed by atoms with van der Waals surface area (Å²) in [5, 5.41) is 23.0. The number of nitrogens with zero attached hydrogens (tertiary/aromatic N) is 2. The first kappa shape index (κ1) is 13.6. The molecule has 0 spiro atoms. The highest BCUT2D eigenvalue weighted by Crippen LogP contribution is 2.28. The Bertz CT molecular complexity index is 673. The molecule has 0 saturated heterocycles. The molecule has 2 rings (SSSR count). The first-order valence-electron chi connectivity index (χ1n) is 6.08. The Morgan fingerprint density at radius 2 is 1.95 bits per heavy atom. The van der Waals surface area contributed by atoms with E-state index in [9.17, 15) is 10.1 Å². The number of nitriles is 1. The highest BCUT2D eigenvalue weighted by atomic mass is 16.6. The van der Waals surface area contributed by atoms with Crippen molar-refractivity contribution in [1.82, 2.24) is 0 Å². The Morgan fingerprint density at radius 1 is 1.25 bits per heavy atom. The Hall–Kier alpha value is -2.87. The number of nitro benzene ring substituents is 1. The van der Waals surface area contributed by atoms with Gasteiger partial charge in [0.25, 0.3) is 0 Å². The van der Waals surface area contributed by atoms with Gasteiger partial charge in [-0.25, -0.2) is 0 Å². The molecular formula is C15H13N3O2. The minimum absolute atomic E-state index is 0.0592. The summed E-state index contributed by atoms with van der Waals surface area (Å²) in [6, 6.07) is 14.4. The van der Waals surface area contributed by atoms with Crippen LogP contribution in [0.4, 0.5) is 11.4 Å². The zero-order chi connectivity index (χ0) is 14.5. The van der Waals surface area contributed by atoms with E-state index in [1.165, 1.54) is 6.07 Å². The maximum Gasteiger partial charge on any atom is 0.309 e. The van der Waals surface area contributed by atoms with Gasteiger partial charge in [0.1, 0.15) is 17.3 Å². The zero-order valence-electron chi connectivity index (χ0n) is 11.0. The van der Waals surface area contributed by atoms with Crippen LogP contribution in [0.3, 0.4) is 0 Å². The summed E-state index contributed by atoms with van der Waals surface area (Å²) in [5.41, 5.74) is 2.42. The molecule has 0 bridgehead atoms. The Balaban J connectivity index is 2.23. The standard InChI is InChI=1S/C15H13N3O2/c1-11-5-7-12(8-6-11)10-17-14-4-2-3-13(9-16)15(14)18(19)20/h2-8,17H,10H2,1H3. The number of benzene rings is 2.